The van der Waals surface area contributed by atoms with Gasteiger partial charge in [-0.05, 0) is 0 Å². The van der Waals surface area contributed by atoms with Crippen LogP contribution in [0.4, 0.5) is 11.1 Å². The molecular formula is C11H20N4O5S. The van der Waals surface area contributed by atoms with Crippen LogP contribution in [0, 0.1) is 0 Å². The molecule has 4 N–H and O–H groups in total. The molecule has 0 radical (unpaired) electrons. The van der Waals surface area contributed by atoms with Crippen LogP contribution in [0.2, 0.25) is 0 Å². The van der Waals surface area contributed by atoms with Gasteiger partial charge in [0.25, 0.3) is 0 Å². The summed E-state index contributed by atoms with van der Waals surface area (Å²) in [7, 11) is 5.06. The first-order valence-electron chi connectivity index (χ1n) is 6.40. The number of hydrogen-bond donors (Lipinski definition) is 4. The predicted molar refractivity (Wildman–Crippen MR) is 76.4 cm³/mol. The number of rotatable bonds is 5. The van der Waals surface area contributed by atoms with E-state index in [1.54, 1.807) is 4.90 Å². The van der Waals surface area contributed by atoms with Gasteiger partial charge in [-0.3, -0.25) is 0 Å². The zero-order valence-corrected chi connectivity index (χ0v) is 12.8. The van der Waals surface area contributed by atoms with E-state index >= 15 is 0 Å². The molecule has 21 heavy (non-hydrogen) atoms. The number of nitrogens with one attached hydrogen (secondary N) is 1. The molecule has 1 fully saturated rings. The maximum atomic E-state index is 10.2. The second-order valence-electron chi connectivity index (χ2n) is 4.91. The van der Waals surface area contributed by atoms with Gasteiger partial charge in [0.2, 0.25) is 11.1 Å². The van der Waals surface area contributed by atoms with Gasteiger partial charge in [0.05, 0.1) is 6.61 Å². The number of aromatic nitrogens is 2. The van der Waals surface area contributed by atoms with Crippen LogP contribution < -0.4 is 10.2 Å². The number of methoxy groups -OCH3 is 1. The van der Waals surface area contributed by atoms with Crippen LogP contribution in [0.3, 0.4) is 0 Å². The van der Waals surface area contributed by atoms with E-state index in [4.69, 9.17) is 14.6 Å². The van der Waals surface area contributed by atoms with Crippen molar-refractivity contribution in [3.63, 3.8) is 0 Å². The molecule has 1 aliphatic heterocycles. The smallest absolute Gasteiger partial charge is 0.238 e. The number of aliphatic hydroxyl groups excluding tert-OH is 3. The maximum Gasteiger partial charge on any atom is 0.238 e. The van der Waals surface area contributed by atoms with E-state index in [1.165, 1.54) is 7.11 Å². The number of aliphatic hydroxyl groups is 3. The molecule has 5 atom stereocenters. The standard InChI is InChI=1S/C11H20N4O5S/c1-15(2)10-13-11(21-14-10)12-6-8(18)7(17)5(4-16)20-9(6)19-3/h5-9,16-18H,4H2,1-3H3,(H,12,13,14)/t5-,6?,7+,8-,9-/m1/s1. The topological polar surface area (TPSA) is 120 Å². The van der Waals surface area contributed by atoms with E-state index in [2.05, 4.69) is 14.7 Å². The molecule has 0 spiro atoms. The van der Waals surface area contributed by atoms with Crippen LogP contribution >= 0.6 is 11.5 Å². The highest BCUT2D eigenvalue weighted by Gasteiger charge is 2.44. The Morgan fingerprint density at radius 2 is 2.10 bits per heavy atom. The van der Waals surface area contributed by atoms with E-state index in [9.17, 15) is 10.2 Å². The summed E-state index contributed by atoms with van der Waals surface area (Å²) < 4.78 is 14.7. The third kappa shape index (κ3) is 3.42. The first-order chi connectivity index (χ1) is 9.97. The van der Waals surface area contributed by atoms with Crippen molar-refractivity contribution in [2.24, 2.45) is 0 Å². The molecule has 10 heteroatoms. The fourth-order valence-corrected chi connectivity index (χ4v) is 2.72. The van der Waals surface area contributed by atoms with Crippen LogP contribution in [0.5, 0.6) is 0 Å². The zero-order valence-electron chi connectivity index (χ0n) is 12.0. The lowest BCUT2D eigenvalue weighted by molar-refractivity contribution is -0.254. The van der Waals surface area contributed by atoms with Gasteiger partial charge in [-0.15, -0.1) is 0 Å². The second-order valence-corrected chi connectivity index (χ2v) is 5.66. The Labute approximate surface area is 126 Å². The molecule has 1 aliphatic rings. The summed E-state index contributed by atoms with van der Waals surface area (Å²) in [5.74, 6) is 0.538. The van der Waals surface area contributed by atoms with Crippen LogP contribution in [-0.4, -0.2) is 83.1 Å². The highest BCUT2D eigenvalue weighted by Crippen LogP contribution is 2.26. The van der Waals surface area contributed by atoms with Crippen LogP contribution in [0.25, 0.3) is 0 Å². The van der Waals surface area contributed by atoms with Gasteiger partial charge in [-0.1, -0.05) is 0 Å². The van der Waals surface area contributed by atoms with Gasteiger partial charge in [0.1, 0.15) is 24.4 Å². The molecule has 1 aromatic rings. The summed E-state index contributed by atoms with van der Waals surface area (Å²) in [6, 6.07) is -0.726. The van der Waals surface area contributed by atoms with Gasteiger partial charge >= 0.3 is 0 Å². The third-order valence-corrected chi connectivity index (χ3v) is 3.86. The second kappa shape index (κ2) is 6.81. The zero-order chi connectivity index (χ0) is 15.6. The summed E-state index contributed by atoms with van der Waals surface area (Å²) >= 11 is 1.13. The normalized spacial score (nSPS) is 33.0. The molecule has 0 aliphatic carbocycles. The van der Waals surface area contributed by atoms with E-state index in [0.29, 0.717) is 11.1 Å². The highest BCUT2D eigenvalue weighted by molar-refractivity contribution is 7.09. The van der Waals surface area contributed by atoms with E-state index in [0.717, 1.165) is 11.5 Å². The van der Waals surface area contributed by atoms with Crippen molar-refractivity contribution < 1.29 is 24.8 Å². The number of ether oxygens (including phenoxy) is 2. The summed E-state index contributed by atoms with van der Waals surface area (Å²) in [4.78, 5) is 5.99. The average molecular weight is 320 g/mol. The Balaban J connectivity index is 2.12. The van der Waals surface area contributed by atoms with Crippen molar-refractivity contribution >= 4 is 22.6 Å². The predicted octanol–water partition coefficient (Wildman–Crippen LogP) is -1.53. The van der Waals surface area contributed by atoms with Crippen LogP contribution in [0.15, 0.2) is 0 Å². The minimum absolute atomic E-state index is 0.408. The fraction of sp³-hybridized carbons (Fsp3) is 0.818. The Kier molecular flexibility index (Phi) is 5.30. The molecule has 2 rings (SSSR count). The molecule has 0 amide bonds. The van der Waals surface area contributed by atoms with Gasteiger partial charge in [-0.2, -0.15) is 9.36 Å². The van der Waals surface area contributed by atoms with Crippen molar-refractivity contribution in [2.75, 3.05) is 38.0 Å². The highest BCUT2D eigenvalue weighted by atomic mass is 32.1. The molecule has 9 nitrogen and oxygen atoms in total. The van der Waals surface area contributed by atoms with Crippen molar-refractivity contribution in [1.82, 2.24) is 9.36 Å². The largest absolute Gasteiger partial charge is 0.394 e. The lowest BCUT2D eigenvalue weighted by Gasteiger charge is -2.41. The first-order valence-corrected chi connectivity index (χ1v) is 7.18. The molecule has 1 saturated heterocycles. The molecule has 2 heterocycles. The van der Waals surface area contributed by atoms with Gasteiger partial charge in [0, 0.05) is 32.7 Å². The van der Waals surface area contributed by atoms with Crippen LogP contribution in [-0.2, 0) is 9.47 Å². The summed E-state index contributed by atoms with van der Waals surface area (Å²) in [6.07, 6.45) is -4.12. The lowest BCUT2D eigenvalue weighted by Crippen LogP contribution is -2.61. The lowest BCUT2D eigenvalue weighted by atomic mass is 9.97. The van der Waals surface area contributed by atoms with E-state index in [-0.39, 0.29) is 0 Å². The van der Waals surface area contributed by atoms with Crippen molar-refractivity contribution in [2.45, 2.75) is 30.6 Å². The Morgan fingerprint density at radius 1 is 1.38 bits per heavy atom. The maximum absolute atomic E-state index is 10.2. The summed E-state index contributed by atoms with van der Waals surface area (Å²) in [5.41, 5.74) is 0. The Hall–Kier alpha value is -1.04. The molecule has 1 unspecified atom stereocenters. The molecule has 0 bridgehead atoms. The van der Waals surface area contributed by atoms with Crippen molar-refractivity contribution in [3.8, 4) is 0 Å². The van der Waals surface area contributed by atoms with Gasteiger partial charge in [-0.25, -0.2) is 0 Å². The molecule has 0 aromatic carbocycles. The average Bonchev–Trinajstić information content (AvgIpc) is 2.93. The minimum Gasteiger partial charge on any atom is -0.394 e. The molecule has 0 saturated carbocycles. The SMILES string of the molecule is CO[C@@H]1O[C@H](CO)[C@H](O)[C@H](O)C1Nc1nc(N(C)C)ns1. The number of hydrogen-bond acceptors (Lipinski definition) is 10. The summed E-state index contributed by atoms with van der Waals surface area (Å²) in [5, 5.41) is 32.7. The Bertz CT molecular complexity index is 458. The third-order valence-electron chi connectivity index (χ3n) is 3.22. The fourth-order valence-electron chi connectivity index (χ4n) is 2.04. The van der Waals surface area contributed by atoms with E-state index < -0.39 is 37.3 Å². The molecular weight excluding hydrogens is 300 g/mol. The first kappa shape index (κ1) is 16.3. The quantitative estimate of drug-likeness (QED) is 0.512. The summed E-state index contributed by atoms with van der Waals surface area (Å²) in [6.45, 7) is -0.408. The molecule has 120 valence electrons. The van der Waals surface area contributed by atoms with Crippen molar-refractivity contribution in [1.29, 1.82) is 0 Å². The number of nitrogens with zero attached hydrogens (tertiary/aromatic N) is 3. The van der Waals surface area contributed by atoms with Crippen molar-refractivity contribution in [3.05, 3.63) is 0 Å². The molecule has 1 aromatic heterocycles. The number of anilines is 2. The monoisotopic (exact) mass is 320 g/mol. The Morgan fingerprint density at radius 3 is 2.62 bits per heavy atom. The van der Waals surface area contributed by atoms with Gasteiger partial charge < -0.3 is 35.0 Å². The van der Waals surface area contributed by atoms with Gasteiger partial charge in [0.15, 0.2) is 6.29 Å². The van der Waals surface area contributed by atoms with Crippen LogP contribution in [0.1, 0.15) is 0 Å². The minimum atomic E-state index is -1.22. The van der Waals surface area contributed by atoms with E-state index in [1.807, 2.05) is 14.1 Å².